The summed E-state index contributed by atoms with van der Waals surface area (Å²) in [4.78, 5) is 15.8. The predicted molar refractivity (Wildman–Crippen MR) is 65.3 cm³/mol. The van der Waals surface area contributed by atoms with E-state index in [4.69, 9.17) is 0 Å². The molecule has 1 aromatic heterocycles. The lowest BCUT2D eigenvalue weighted by Crippen LogP contribution is -2.17. The summed E-state index contributed by atoms with van der Waals surface area (Å²) in [6.45, 7) is 3.43. The van der Waals surface area contributed by atoms with Crippen LogP contribution in [-0.4, -0.2) is 26.2 Å². The standard InChI is InChI=1S/C12H11FN4O2/c1-6-7(2)16-17-12(14-6)15-11(19)10-8(13)4-3-5-9(10)18/h3-5,18H,1-2H3,(H,14,15,17,19). The Morgan fingerprint density at radius 2 is 2.00 bits per heavy atom. The number of nitrogens with zero attached hydrogens (tertiary/aromatic N) is 3. The number of nitrogens with one attached hydrogen (secondary N) is 1. The summed E-state index contributed by atoms with van der Waals surface area (Å²) in [6.07, 6.45) is 0. The zero-order valence-corrected chi connectivity index (χ0v) is 10.3. The quantitative estimate of drug-likeness (QED) is 0.858. The Morgan fingerprint density at radius 3 is 2.63 bits per heavy atom. The van der Waals surface area contributed by atoms with Gasteiger partial charge in [0, 0.05) is 0 Å². The molecule has 7 heteroatoms. The number of benzene rings is 1. The second kappa shape index (κ2) is 4.97. The second-order valence-corrected chi connectivity index (χ2v) is 3.89. The average Bonchev–Trinajstić information content (AvgIpc) is 2.33. The van der Waals surface area contributed by atoms with Gasteiger partial charge in [0.1, 0.15) is 17.1 Å². The number of phenolic OH excluding ortho intramolecular Hbond substituents is 1. The summed E-state index contributed by atoms with van der Waals surface area (Å²) in [5.41, 5.74) is 0.777. The van der Waals surface area contributed by atoms with Crippen molar-refractivity contribution in [1.82, 2.24) is 15.2 Å². The highest BCUT2D eigenvalue weighted by molar-refractivity contribution is 6.05. The van der Waals surface area contributed by atoms with Crippen molar-refractivity contribution >= 4 is 11.9 Å². The zero-order chi connectivity index (χ0) is 14.0. The first kappa shape index (κ1) is 12.9. The Bertz CT molecular complexity index is 625. The number of hydrogen-bond donors (Lipinski definition) is 2. The van der Waals surface area contributed by atoms with E-state index in [1.165, 1.54) is 12.1 Å². The van der Waals surface area contributed by atoms with Crippen LogP contribution in [0.15, 0.2) is 18.2 Å². The first-order chi connectivity index (χ1) is 8.99. The van der Waals surface area contributed by atoms with Crippen LogP contribution in [0.1, 0.15) is 21.7 Å². The Morgan fingerprint density at radius 1 is 1.26 bits per heavy atom. The van der Waals surface area contributed by atoms with Crippen LogP contribution in [0.3, 0.4) is 0 Å². The fraction of sp³-hybridized carbons (Fsp3) is 0.167. The molecular weight excluding hydrogens is 251 g/mol. The molecule has 0 spiro atoms. The molecule has 0 saturated carbocycles. The van der Waals surface area contributed by atoms with Crippen LogP contribution in [0.2, 0.25) is 0 Å². The topological polar surface area (TPSA) is 88.0 Å². The second-order valence-electron chi connectivity index (χ2n) is 3.89. The molecular formula is C12H11FN4O2. The molecule has 98 valence electrons. The highest BCUT2D eigenvalue weighted by Gasteiger charge is 2.17. The monoisotopic (exact) mass is 262 g/mol. The third-order valence-corrected chi connectivity index (χ3v) is 2.54. The Hall–Kier alpha value is -2.57. The summed E-state index contributed by atoms with van der Waals surface area (Å²) in [7, 11) is 0. The van der Waals surface area contributed by atoms with E-state index in [9.17, 15) is 14.3 Å². The number of rotatable bonds is 2. The molecule has 0 saturated heterocycles. The molecule has 1 aromatic carbocycles. The van der Waals surface area contributed by atoms with E-state index in [1.807, 2.05) is 0 Å². The van der Waals surface area contributed by atoms with Crippen molar-refractivity contribution in [3.05, 3.63) is 41.0 Å². The van der Waals surface area contributed by atoms with E-state index in [0.29, 0.717) is 11.4 Å². The number of amides is 1. The molecule has 0 unspecified atom stereocenters. The van der Waals surface area contributed by atoms with E-state index in [0.717, 1.165) is 6.07 Å². The molecule has 0 aliphatic heterocycles. The Labute approximate surface area is 108 Å². The molecule has 0 fully saturated rings. The lowest BCUT2D eigenvalue weighted by Gasteiger charge is -2.06. The van der Waals surface area contributed by atoms with Crippen molar-refractivity contribution in [1.29, 1.82) is 0 Å². The molecule has 0 bridgehead atoms. The SMILES string of the molecule is Cc1nnc(NC(=O)c2c(O)cccc2F)nc1C. The van der Waals surface area contributed by atoms with Crippen molar-refractivity contribution in [2.24, 2.45) is 0 Å². The van der Waals surface area contributed by atoms with Gasteiger partial charge < -0.3 is 5.11 Å². The summed E-state index contributed by atoms with van der Waals surface area (Å²) >= 11 is 0. The maximum atomic E-state index is 13.5. The number of aromatic nitrogens is 3. The minimum absolute atomic E-state index is 0.0456. The molecule has 2 aromatic rings. The Balaban J connectivity index is 2.28. The molecule has 0 atom stereocenters. The summed E-state index contributed by atoms with van der Waals surface area (Å²) < 4.78 is 13.5. The lowest BCUT2D eigenvalue weighted by atomic mass is 10.2. The Kier molecular flexibility index (Phi) is 3.37. The maximum Gasteiger partial charge on any atom is 0.264 e. The van der Waals surface area contributed by atoms with Gasteiger partial charge in [0.05, 0.1) is 11.4 Å². The van der Waals surface area contributed by atoms with Gasteiger partial charge in [0.15, 0.2) is 0 Å². The van der Waals surface area contributed by atoms with Gasteiger partial charge in [-0.25, -0.2) is 9.37 Å². The molecule has 1 amide bonds. The van der Waals surface area contributed by atoms with E-state index in [-0.39, 0.29) is 5.95 Å². The number of carbonyl (C=O) groups excluding carboxylic acids is 1. The van der Waals surface area contributed by atoms with E-state index < -0.39 is 23.0 Å². The molecule has 1 heterocycles. The first-order valence-electron chi connectivity index (χ1n) is 5.46. The van der Waals surface area contributed by atoms with Crippen LogP contribution in [-0.2, 0) is 0 Å². The number of halogens is 1. The van der Waals surface area contributed by atoms with Gasteiger partial charge in [-0.15, -0.1) is 5.10 Å². The van der Waals surface area contributed by atoms with Crippen LogP contribution in [0.5, 0.6) is 5.75 Å². The maximum absolute atomic E-state index is 13.5. The minimum Gasteiger partial charge on any atom is -0.507 e. The van der Waals surface area contributed by atoms with Gasteiger partial charge >= 0.3 is 0 Å². The highest BCUT2D eigenvalue weighted by atomic mass is 19.1. The number of anilines is 1. The number of aromatic hydroxyl groups is 1. The average molecular weight is 262 g/mol. The van der Waals surface area contributed by atoms with Crippen LogP contribution < -0.4 is 5.32 Å². The van der Waals surface area contributed by atoms with Gasteiger partial charge in [-0.05, 0) is 26.0 Å². The van der Waals surface area contributed by atoms with E-state index in [1.54, 1.807) is 13.8 Å². The van der Waals surface area contributed by atoms with Crippen molar-refractivity contribution in [3.8, 4) is 5.75 Å². The van der Waals surface area contributed by atoms with Gasteiger partial charge in [0.25, 0.3) is 5.91 Å². The highest BCUT2D eigenvalue weighted by Crippen LogP contribution is 2.20. The normalized spacial score (nSPS) is 10.3. The molecule has 0 aliphatic carbocycles. The number of carbonyl (C=O) groups is 1. The third-order valence-electron chi connectivity index (χ3n) is 2.54. The summed E-state index contributed by atoms with van der Waals surface area (Å²) in [5.74, 6) is -2.15. The zero-order valence-electron chi connectivity index (χ0n) is 10.3. The summed E-state index contributed by atoms with van der Waals surface area (Å²) in [5, 5.41) is 19.2. The van der Waals surface area contributed by atoms with Crippen LogP contribution in [0.4, 0.5) is 10.3 Å². The van der Waals surface area contributed by atoms with Crippen LogP contribution in [0.25, 0.3) is 0 Å². The molecule has 0 radical (unpaired) electrons. The lowest BCUT2D eigenvalue weighted by molar-refractivity contribution is 0.101. The van der Waals surface area contributed by atoms with Crippen molar-refractivity contribution < 1.29 is 14.3 Å². The van der Waals surface area contributed by atoms with Crippen LogP contribution in [0, 0.1) is 19.7 Å². The fourth-order valence-electron chi connectivity index (χ4n) is 1.41. The molecule has 2 N–H and O–H groups in total. The van der Waals surface area contributed by atoms with Crippen molar-refractivity contribution in [3.63, 3.8) is 0 Å². The number of phenols is 1. The predicted octanol–water partition coefficient (Wildman–Crippen LogP) is 1.59. The minimum atomic E-state index is -0.833. The molecule has 2 rings (SSSR count). The van der Waals surface area contributed by atoms with Gasteiger partial charge in [-0.2, -0.15) is 5.10 Å². The van der Waals surface area contributed by atoms with Crippen molar-refractivity contribution in [2.75, 3.05) is 5.32 Å². The number of aryl methyl sites for hydroxylation is 2. The van der Waals surface area contributed by atoms with Gasteiger partial charge in [0.2, 0.25) is 5.95 Å². The third kappa shape index (κ3) is 2.65. The van der Waals surface area contributed by atoms with E-state index >= 15 is 0 Å². The van der Waals surface area contributed by atoms with Crippen LogP contribution >= 0.6 is 0 Å². The van der Waals surface area contributed by atoms with Gasteiger partial charge in [-0.3, -0.25) is 10.1 Å². The largest absolute Gasteiger partial charge is 0.507 e. The smallest absolute Gasteiger partial charge is 0.264 e. The van der Waals surface area contributed by atoms with Crippen molar-refractivity contribution in [2.45, 2.75) is 13.8 Å². The van der Waals surface area contributed by atoms with E-state index in [2.05, 4.69) is 20.5 Å². The first-order valence-corrected chi connectivity index (χ1v) is 5.46. The molecule has 6 nitrogen and oxygen atoms in total. The fourth-order valence-corrected chi connectivity index (χ4v) is 1.41. The summed E-state index contributed by atoms with van der Waals surface area (Å²) in [6, 6.07) is 3.60. The van der Waals surface area contributed by atoms with Gasteiger partial charge in [-0.1, -0.05) is 6.07 Å². The number of hydrogen-bond acceptors (Lipinski definition) is 5. The molecule has 0 aliphatic rings. The molecule has 19 heavy (non-hydrogen) atoms.